The first-order valence-electron chi connectivity index (χ1n) is 6.21. The molecule has 0 aliphatic carbocycles. The van der Waals surface area contributed by atoms with Gasteiger partial charge in [0.15, 0.2) is 0 Å². The molecule has 0 fully saturated rings. The zero-order chi connectivity index (χ0) is 16.2. The van der Waals surface area contributed by atoms with Gasteiger partial charge in [-0.2, -0.15) is 0 Å². The average Bonchev–Trinajstić information content (AvgIpc) is 2.54. The molecular weight excluding hydrogens is 308 g/mol. The zero-order valence-electron chi connectivity index (χ0n) is 11.2. The van der Waals surface area contributed by atoms with Gasteiger partial charge in [0.2, 0.25) is 11.6 Å². The van der Waals surface area contributed by atoms with Gasteiger partial charge in [-0.05, 0) is 0 Å². The molecule has 114 valence electrons. The van der Waals surface area contributed by atoms with Crippen molar-refractivity contribution in [2.45, 2.75) is 5.79 Å². The Morgan fingerprint density at radius 2 is 1.18 bits per heavy atom. The van der Waals surface area contributed by atoms with Crippen LogP contribution in [0.4, 0.5) is 0 Å². The highest BCUT2D eigenvalue weighted by Gasteiger charge is 2.47. The van der Waals surface area contributed by atoms with Crippen LogP contribution in [-0.2, 0) is 15.2 Å². The number of benzene rings is 2. The molecule has 0 bridgehead atoms. The molecule has 0 heterocycles. The van der Waals surface area contributed by atoms with Crippen molar-refractivity contribution in [1.82, 2.24) is 0 Å². The average molecular weight is 320 g/mol. The van der Waals surface area contributed by atoms with Crippen molar-refractivity contribution in [3.05, 3.63) is 71.8 Å². The monoisotopic (exact) mass is 320 g/mol. The smallest absolute Gasteiger partial charge is 0.312 e. The molecule has 0 saturated carbocycles. The minimum absolute atomic E-state index is 0.0499. The normalized spacial score (nSPS) is 11.4. The van der Waals surface area contributed by atoms with Gasteiger partial charge in [0.25, 0.3) is 11.0 Å². The summed E-state index contributed by atoms with van der Waals surface area (Å²) in [7, 11) is -3.63. The first-order chi connectivity index (χ1) is 10.4. The summed E-state index contributed by atoms with van der Waals surface area (Å²) in [6.45, 7) is 0. The third-order valence-corrected chi connectivity index (χ3v) is 3.31. The third-order valence-electron chi connectivity index (χ3n) is 2.89. The number of carbonyl (C=O) groups is 2. The lowest BCUT2D eigenvalue weighted by molar-refractivity contribution is -0.0653. The fourth-order valence-electron chi connectivity index (χ4n) is 1.86. The van der Waals surface area contributed by atoms with E-state index in [4.69, 9.17) is 0 Å². The standard InChI is InChI=1S/C15H12O6S/c16-13(11-7-3-1-4-8-11)15(18,21-22(19)20)14(17)12-9-5-2-6-10-12/h1-10,18,22H. The maximum Gasteiger partial charge on any atom is 0.312 e. The highest BCUT2D eigenvalue weighted by atomic mass is 32.2. The number of rotatable bonds is 6. The summed E-state index contributed by atoms with van der Waals surface area (Å²) in [5.41, 5.74) is -0.0998. The fourth-order valence-corrected chi connectivity index (χ4v) is 2.25. The van der Waals surface area contributed by atoms with E-state index in [2.05, 4.69) is 4.18 Å². The van der Waals surface area contributed by atoms with Gasteiger partial charge in [0.1, 0.15) is 0 Å². The predicted octanol–water partition coefficient (Wildman–Crippen LogP) is 0.984. The number of carbonyl (C=O) groups excluding carboxylic acids is 2. The second kappa shape index (κ2) is 6.61. The summed E-state index contributed by atoms with van der Waals surface area (Å²) in [5.74, 6) is -5.43. The van der Waals surface area contributed by atoms with Crippen LogP contribution in [0.5, 0.6) is 0 Å². The lowest BCUT2D eigenvalue weighted by Gasteiger charge is -2.22. The van der Waals surface area contributed by atoms with Crippen molar-refractivity contribution >= 4 is 22.6 Å². The second-order valence-electron chi connectivity index (χ2n) is 4.35. The largest absolute Gasteiger partial charge is 0.352 e. The minimum Gasteiger partial charge on any atom is -0.352 e. The molecule has 7 heteroatoms. The number of thiol groups is 1. The molecule has 2 aromatic carbocycles. The van der Waals surface area contributed by atoms with Crippen LogP contribution in [0.3, 0.4) is 0 Å². The van der Waals surface area contributed by atoms with Crippen molar-refractivity contribution in [3.8, 4) is 0 Å². The van der Waals surface area contributed by atoms with Crippen molar-refractivity contribution in [2.24, 2.45) is 0 Å². The van der Waals surface area contributed by atoms with Crippen LogP contribution in [0.15, 0.2) is 60.7 Å². The Labute approximate surface area is 128 Å². The molecule has 0 spiro atoms. The van der Waals surface area contributed by atoms with E-state index in [1.807, 2.05) is 0 Å². The molecule has 0 aliphatic heterocycles. The SMILES string of the molecule is O=C(c1ccccc1)C(O)(O[SH](=O)=O)C(=O)c1ccccc1. The van der Waals surface area contributed by atoms with Gasteiger partial charge < -0.3 is 5.11 Å². The van der Waals surface area contributed by atoms with Crippen LogP contribution >= 0.6 is 0 Å². The Hall–Kier alpha value is -2.35. The molecule has 0 saturated heterocycles. The molecule has 6 nitrogen and oxygen atoms in total. The van der Waals surface area contributed by atoms with Crippen LogP contribution in [-0.4, -0.2) is 30.9 Å². The Morgan fingerprint density at radius 3 is 1.50 bits per heavy atom. The maximum atomic E-state index is 12.4. The van der Waals surface area contributed by atoms with E-state index in [0.29, 0.717) is 0 Å². The van der Waals surface area contributed by atoms with Crippen LogP contribution in [0.1, 0.15) is 20.7 Å². The molecule has 0 atom stereocenters. The Bertz CT molecular complexity index is 693. The summed E-state index contributed by atoms with van der Waals surface area (Å²) in [6.07, 6.45) is 0. The van der Waals surface area contributed by atoms with Gasteiger partial charge >= 0.3 is 5.79 Å². The van der Waals surface area contributed by atoms with Gasteiger partial charge in [0.05, 0.1) is 0 Å². The van der Waals surface area contributed by atoms with Gasteiger partial charge in [0, 0.05) is 11.1 Å². The molecule has 22 heavy (non-hydrogen) atoms. The number of ketones is 2. The van der Waals surface area contributed by atoms with Crippen LogP contribution in [0.25, 0.3) is 0 Å². The highest BCUT2D eigenvalue weighted by molar-refractivity contribution is 7.67. The molecule has 2 aromatic rings. The maximum absolute atomic E-state index is 12.4. The van der Waals surface area contributed by atoms with E-state index in [0.717, 1.165) is 0 Å². The van der Waals surface area contributed by atoms with E-state index in [9.17, 15) is 23.1 Å². The quantitative estimate of drug-likeness (QED) is 0.356. The number of aliphatic hydroxyl groups is 1. The van der Waals surface area contributed by atoms with Gasteiger partial charge in [-0.3, -0.25) is 9.59 Å². The predicted molar refractivity (Wildman–Crippen MR) is 77.9 cm³/mol. The summed E-state index contributed by atoms with van der Waals surface area (Å²) in [6, 6.07) is 14.7. The Morgan fingerprint density at radius 1 is 0.818 bits per heavy atom. The molecule has 2 rings (SSSR count). The van der Waals surface area contributed by atoms with E-state index < -0.39 is 28.3 Å². The second-order valence-corrected chi connectivity index (χ2v) is 4.98. The Balaban J connectivity index is 2.48. The summed E-state index contributed by atoms with van der Waals surface area (Å²) >= 11 is 0. The van der Waals surface area contributed by atoms with Crippen LogP contribution in [0, 0.1) is 0 Å². The Kier molecular flexibility index (Phi) is 4.81. The molecule has 0 aromatic heterocycles. The number of Topliss-reactive ketones (excluding diaryl/α,β-unsaturated/α-hetero) is 2. The number of hydrogen-bond donors (Lipinski definition) is 2. The van der Waals surface area contributed by atoms with Crippen molar-refractivity contribution < 1.29 is 27.3 Å². The first-order valence-corrected chi connectivity index (χ1v) is 7.30. The summed E-state index contributed by atoms with van der Waals surface area (Å²) < 4.78 is 26.0. The van der Waals surface area contributed by atoms with Crippen molar-refractivity contribution in [3.63, 3.8) is 0 Å². The molecular formula is C15H12O6S. The molecule has 0 amide bonds. The lowest BCUT2D eigenvalue weighted by Crippen LogP contribution is -2.49. The molecule has 0 aliphatic rings. The molecule has 1 N–H and O–H groups in total. The van der Waals surface area contributed by atoms with Crippen molar-refractivity contribution in [2.75, 3.05) is 0 Å². The van der Waals surface area contributed by atoms with E-state index in [1.165, 1.54) is 48.5 Å². The lowest BCUT2D eigenvalue weighted by atomic mass is 9.95. The molecule has 0 radical (unpaired) electrons. The summed E-state index contributed by atoms with van der Waals surface area (Å²) in [5, 5.41) is 10.3. The van der Waals surface area contributed by atoms with Gasteiger partial charge in [-0.25, -0.2) is 12.6 Å². The summed E-state index contributed by atoms with van der Waals surface area (Å²) in [4.78, 5) is 24.7. The third kappa shape index (κ3) is 3.28. The minimum atomic E-state index is -3.63. The van der Waals surface area contributed by atoms with Crippen LogP contribution in [0.2, 0.25) is 0 Å². The highest BCUT2D eigenvalue weighted by Crippen LogP contribution is 2.21. The van der Waals surface area contributed by atoms with E-state index >= 15 is 0 Å². The van der Waals surface area contributed by atoms with E-state index in [-0.39, 0.29) is 11.1 Å². The van der Waals surface area contributed by atoms with Crippen molar-refractivity contribution in [1.29, 1.82) is 0 Å². The number of hydrogen-bond acceptors (Lipinski definition) is 6. The fraction of sp³-hybridized carbons (Fsp3) is 0.0667. The van der Waals surface area contributed by atoms with Gasteiger partial charge in [-0.1, -0.05) is 60.7 Å². The topological polar surface area (TPSA) is 97.7 Å². The molecule has 0 unspecified atom stereocenters. The van der Waals surface area contributed by atoms with Gasteiger partial charge in [-0.15, -0.1) is 0 Å². The first kappa shape index (κ1) is 16.0. The van der Waals surface area contributed by atoms with Crippen LogP contribution < -0.4 is 0 Å². The van der Waals surface area contributed by atoms with E-state index in [1.54, 1.807) is 12.1 Å². The zero-order valence-corrected chi connectivity index (χ0v) is 12.1.